The molecule has 0 aliphatic rings. The molecule has 106 valence electrons. The third kappa shape index (κ3) is 2.96. The van der Waals surface area contributed by atoms with Crippen molar-refractivity contribution in [2.75, 3.05) is 5.73 Å². The first-order chi connectivity index (χ1) is 9.52. The lowest BCUT2D eigenvalue weighted by Crippen LogP contribution is -2.28. The molecule has 3 nitrogen and oxygen atoms in total. The van der Waals surface area contributed by atoms with Crippen LogP contribution in [0.15, 0.2) is 29.6 Å². The van der Waals surface area contributed by atoms with Crippen LogP contribution in [-0.4, -0.2) is 5.91 Å². The average molecular weight is 296 g/mol. The molecule has 0 saturated carbocycles. The summed E-state index contributed by atoms with van der Waals surface area (Å²) in [5.74, 6) is -2.67. The van der Waals surface area contributed by atoms with Crippen LogP contribution in [0.2, 0.25) is 0 Å². The van der Waals surface area contributed by atoms with Crippen LogP contribution in [0, 0.1) is 11.6 Å². The Morgan fingerprint density at radius 2 is 2.10 bits per heavy atom. The van der Waals surface area contributed by atoms with Gasteiger partial charge in [-0.3, -0.25) is 4.79 Å². The van der Waals surface area contributed by atoms with Crippen molar-refractivity contribution in [2.45, 2.75) is 19.4 Å². The number of benzene rings is 1. The van der Waals surface area contributed by atoms with Gasteiger partial charge in [0.15, 0.2) is 11.6 Å². The molecule has 0 radical (unpaired) electrons. The maximum absolute atomic E-state index is 13.2. The van der Waals surface area contributed by atoms with Crippen LogP contribution < -0.4 is 11.1 Å². The van der Waals surface area contributed by atoms with E-state index in [4.69, 9.17) is 5.73 Å². The van der Waals surface area contributed by atoms with E-state index in [0.717, 1.165) is 17.0 Å². The van der Waals surface area contributed by atoms with E-state index in [0.29, 0.717) is 6.42 Å². The van der Waals surface area contributed by atoms with Crippen molar-refractivity contribution >= 4 is 22.9 Å². The van der Waals surface area contributed by atoms with Crippen molar-refractivity contribution in [3.8, 4) is 0 Å². The molecule has 0 fully saturated rings. The van der Waals surface area contributed by atoms with Gasteiger partial charge in [-0.15, -0.1) is 11.3 Å². The van der Waals surface area contributed by atoms with Crippen molar-refractivity contribution in [3.63, 3.8) is 0 Å². The van der Waals surface area contributed by atoms with Crippen LogP contribution in [0.5, 0.6) is 0 Å². The zero-order chi connectivity index (χ0) is 14.7. The maximum atomic E-state index is 13.2. The molecule has 0 aliphatic heterocycles. The van der Waals surface area contributed by atoms with Crippen molar-refractivity contribution in [1.82, 2.24) is 5.32 Å². The standard InChI is InChI=1S/C14H14F2N2OS/c1-2-12(13-4-3-5-20-13)18-14(19)8-6-9(15)10(16)7-11(8)17/h3-7,12H,2,17H2,1H3,(H,18,19). The molecule has 0 saturated heterocycles. The van der Waals surface area contributed by atoms with Gasteiger partial charge < -0.3 is 11.1 Å². The van der Waals surface area contributed by atoms with E-state index in [1.165, 1.54) is 11.3 Å². The number of carbonyl (C=O) groups excluding carboxylic acids is 1. The van der Waals surface area contributed by atoms with Crippen LogP contribution in [-0.2, 0) is 0 Å². The van der Waals surface area contributed by atoms with Gasteiger partial charge in [0.1, 0.15) is 0 Å². The van der Waals surface area contributed by atoms with Crippen molar-refractivity contribution < 1.29 is 13.6 Å². The summed E-state index contributed by atoms with van der Waals surface area (Å²) in [5.41, 5.74) is 5.42. The molecule has 1 aromatic heterocycles. The summed E-state index contributed by atoms with van der Waals surface area (Å²) in [7, 11) is 0. The van der Waals surface area contributed by atoms with Gasteiger partial charge in [0.2, 0.25) is 0 Å². The fourth-order valence-electron chi connectivity index (χ4n) is 1.86. The van der Waals surface area contributed by atoms with Crippen LogP contribution in [0.3, 0.4) is 0 Å². The highest BCUT2D eigenvalue weighted by Crippen LogP contribution is 2.23. The second-order valence-corrected chi connectivity index (χ2v) is 5.28. The Hall–Kier alpha value is -1.95. The van der Waals surface area contributed by atoms with E-state index in [9.17, 15) is 13.6 Å². The average Bonchev–Trinajstić information content (AvgIpc) is 2.93. The third-order valence-corrected chi connectivity index (χ3v) is 3.92. The van der Waals surface area contributed by atoms with Gasteiger partial charge in [-0.05, 0) is 23.9 Å². The SMILES string of the molecule is CCC(NC(=O)c1cc(F)c(F)cc1N)c1cccs1. The lowest BCUT2D eigenvalue weighted by Gasteiger charge is -2.16. The van der Waals surface area contributed by atoms with Gasteiger partial charge in [-0.2, -0.15) is 0 Å². The maximum Gasteiger partial charge on any atom is 0.253 e. The number of halogens is 2. The summed E-state index contributed by atoms with van der Waals surface area (Å²) in [6, 6.07) is 5.27. The molecule has 1 aromatic carbocycles. The molecular formula is C14H14F2N2OS. The van der Waals surface area contributed by atoms with Crippen LogP contribution in [0.25, 0.3) is 0 Å². The molecule has 6 heteroatoms. The number of amides is 1. The molecule has 0 aliphatic carbocycles. The lowest BCUT2D eigenvalue weighted by molar-refractivity contribution is 0.0936. The summed E-state index contributed by atoms with van der Waals surface area (Å²) in [6.45, 7) is 1.93. The first kappa shape index (κ1) is 14.5. The minimum atomic E-state index is -1.09. The third-order valence-electron chi connectivity index (χ3n) is 2.94. The summed E-state index contributed by atoms with van der Waals surface area (Å²) >= 11 is 1.52. The zero-order valence-corrected chi connectivity index (χ0v) is 11.6. The predicted molar refractivity (Wildman–Crippen MR) is 75.6 cm³/mol. The molecule has 2 aromatic rings. The monoisotopic (exact) mass is 296 g/mol. The molecule has 1 amide bonds. The van der Waals surface area contributed by atoms with Gasteiger partial charge in [0, 0.05) is 16.6 Å². The van der Waals surface area contributed by atoms with E-state index in [1.54, 1.807) is 0 Å². The first-order valence-corrected chi connectivity index (χ1v) is 6.99. The highest BCUT2D eigenvalue weighted by atomic mass is 32.1. The topological polar surface area (TPSA) is 55.1 Å². The van der Waals surface area contributed by atoms with Gasteiger partial charge in [-0.25, -0.2) is 8.78 Å². The largest absolute Gasteiger partial charge is 0.398 e. The van der Waals surface area contributed by atoms with Gasteiger partial charge in [-0.1, -0.05) is 13.0 Å². The number of hydrogen-bond donors (Lipinski definition) is 2. The highest BCUT2D eigenvalue weighted by molar-refractivity contribution is 7.10. The molecular weight excluding hydrogens is 282 g/mol. The molecule has 0 bridgehead atoms. The van der Waals surface area contributed by atoms with Crippen LogP contribution in [0.1, 0.15) is 34.6 Å². The number of nitrogens with one attached hydrogen (secondary N) is 1. The van der Waals surface area contributed by atoms with E-state index in [-0.39, 0.29) is 17.3 Å². The molecule has 2 rings (SSSR count). The minimum Gasteiger partial charge on any atom is -0.398 e. The Balaban J connectivity index is 2.21. The summed E-state index contributed by atoms with van der Waals surface area (Å²) in [6.07, 6.45) is 0.690. The normalized spacial score (nSPS) is 12.2. The second-order valence-electron chi connectivity index (χ2n) is 4.30. The smallest absolute Gasteiger partial charge is 0.253 e. The van der Waals surface area contributed by atoms with E-state index in [2.05, 4.69) is 5.32 Å². The predicted octanol–water partition coefficient (Wildman–Crippen LogP) is 3.49. The van der Waals surface area contributed by atoms with Gasteiger partial charge in [0.25, 0.3) is 5.91 Å². The number of hydrogen-bond acceptors (Lipinski definition) is 3. The quantitative estimate of drug-likeness (QED) is 0.849. The number of thiophene rings is 1. The molecule has 1 unspecified atom stereocenters. The van der Waals surface area contributed by atoms with Crippen molar-refractivity contribution in [2.24, 2.45) is 0 Å². The number of carbonyl (C=O) groups is 1. The van der Waals surface area contributed by atoms with E-state index < -0.39 is 17.5 Å². The molecule has 0 spiro atoms. The molecule has 1 atom stereocenters. The molecule has 1 heterocycles. The summed E-state index contributed by atoms with van der Waals surface area (Å²) < 4.78 is 26.2. The first-order valence-electron chi connectivity index (χ1n) is 6.11. The van der Waals surface area contributed by atoms with E-state index in [1.807, 2.05) is 24.4 Å². The Bertz CT molecular complexity index is 614. The van der Waals surface area contributed by atoms with Crippen LogP contribution in [0.4, 0.5) is 14.5 Å². The highest BCUT2D eigenvalue weighted by Gasteiger charge is 2.18. The Morgan fingerprint density at radius 1 is 1.40 bits per heavy atom. The lowest BCUT2D eigenvalue weighted by atomic mass is 10.1. The summed E-state index contributed by atoms with van der Waals surface area (Å²) in [5, 5.41) is 4.69. The molecule has 20 heavy (non-hydrogen) atoms. The Labute approximate surface area is 119 Å². The van der Waals surface area contributed by atoms with Gasteiger partial charge >= 0.3 is 0 Å². The van der Waals surface area contributed by atoms with Crippen molar-refractivity contribution in [1.29, 1.82) is 0 Å². The second kappa shape index (κ2) is 6.00. The van der Waals surface area contributed by atoms with Gasteiger partial charge in [0.05, 0.1) is 11.6 Å². The Kier molecular flexibility index (Phi) is 4.34. The summed E-state index contributed by atoms with van der Waals surface area (Å²) in [4.78, 5) is 13.1. The zero-order valence-electron chi connectivity index (χ0n) is 10.8. The number of nitrogen functional groups attached to an aromatic ring is 1. The fourth-order valence-corrected chi connectivity index (χ4v) is 2.72. The number of rotatable bonds is 4. The number of nitrogens with two attached hydrogens (primary N) is 1. The number of anilines is 1. The minimum absolute atomic E-state index is 0.0566. The van der Waals surface area contributed by atoms with Crippen LogP contribution >= 0.6 is 11.3 Å². The fraction of sp³-hybridized carbons (Fsp3) is 0.214. The Morgan fingerprint density at radius 3 is 2.70 bits per heavy atom. The van der Waals surface area contributed by atoms with Crippen molar-refractivity contribution in [3.05, 3.63) is 51.7 Å². The van der Waals surface area contributed by atoms with E-state index >= 15 is 0 Å². The molecule has 3 N–H and O–H groups in total.